The lowest BCUT2D eigenvalue weighted by molar-refractivity contribution is 0.102. The van der Waals surface area contributed by atoms with Crippen molar-refractivity contribution >= 4 is 27.7 Å². The Morgan fingerprint density at radius 1 is 1.53 bits per heavy atom. The van der Waals surface area contributed by atoms with E-state index in [1.54, 1.807) is 25.4 Å². The number of anilines is 1. The van der Waals surface area contributed by atoms with Gasteiger partial charge in [-0.1, -0.05) is 22.0 Å². The molecule has 0 aliphatic heterocycles. The summed E-state index contributed by atoms with van der Waals surface area (Å²) in [5.41, 5.74) is 1.72. The van der Waals surface area contributed by atoms with Crippen molar-refractivity contribution in [2.45, 2.75) is 6.92 Å². The van der Waals surface area contributed by atoms with Crippen LogP contribution in [0.3, 0.4) is 0 Å². The first-order chi connectivity index (χ1) is 9.02. The van der Waals surface area contributed by atoms with E-state index in [0.29, 0.717) is 11.1 Å². The van der Waals surface area contributed by atoms with Crippen LogP contribution in [-0.4, -0.2) is 15.7 Å². The van der Waals surface area contributed by atoms with Crippen molar-refractivity contribution < 1.29 is 4.79 Å². The zero-order valence-corrected chi connectivity index (χ0v) is 12.0. The SMILES string of the molecule is Cc1c(Br)cccc1C(=O)Nc1nn(C)cc1C#N. The van der Waals surface area contributed by atoms with Gasteiger partial charge in [-0.05, 0) is 24.6 Å². The molecule has 19 heavy (non-hydrogen) atoms. The van der Waals surface area contributed by atoms with Gasteiger partial charge in [-0.15, -0.1) is 0 Å². The lowest BCUT2D eigenvalue weighted by Crippen LogP contribution is -2.14. The molecule has 1 N–H and O–H groups in total. The van der Waals surface area contributed by atoms with Crippen molar-refractivity contribution in [1.29, 1.82) is 5.26 Å². The molecular formula is C13H11BrN4O. The standard InChI is InChI=1S/C13H11BrN4O/c1-8-10(4-3-5-11(8)14)13(19)16-12-9(6-15)7-18(2)17-12/h3-5,7H,1-2H3,(H,16,17,19). The van der Waals surface area contributed by atoms with Gasteiger partial charge in [0.05, 0.1) is 0 Å². The number of halogens is 1. The van der Waals surface area contributed by atoms with Gasteiger partial charge >= 0.3 is 0 Å². The molecule has 2 aromatic rings. The molecule has 0 aliphatic carbocycles. The molecule has 5 nitrogen and oxygen atoms in total. The summed E-state index contributed by atoms with van der Waals surface area (Å²) in [4.78, 5) is 12.2. The second-order valence-corrected chi connectivity index (χ2v) is 4.90. The zero-order valence-electron chi connectivity index (χ0n) is 10.4. The van der Waals surface area contributed by atoms with E-state index in [2.05, 4.69) is 26.3 Å². The molecule has 0 aliphatic rings. The molecule has 0 unspecified atom stereocenters. The molecule has 0 atom stereocenters. The van der Waals surface area contributed by atoms with Gasteiger partial charge in [-0.25, -0.2) is 0 Å². The maximum absolute atomic E-state index is 12.2. The van der Waals surface area contributed by atoms with Gasteiger partial charge in [0.2, 0.25) is 0 Å². The minimum absolute atomic E-state index is 0.273. The largest absolute Gasteiger partial charge is 0.304 e. The predicted octanol–water partition coefficient (Wildman–Crippen LogP) is 2.62. The van der Waals surface area contributed by atoms with Crippen LogP contribution >= 0.6 is 15.9 Å². The van der Waals surface area contributed by atoms with Crippen molar-refractivity contribution in [2.75, 3.05) is 5.32 Å². The van der Waals surface area contributed by atoms with Crippen molar-refractivity contribution in [3.05, 3.63) is 45.6 Å². The first-order valence-corrected chi connectivity index (χ1v) is 6.32. The molecule has 6 heteroatoms. The topological polar surface area (TPSA) is 70.7 Å². The van der Waals surface area contributed by atoms with E-state index < -0.39 is 0 Å². The molecule has 96 valence electrons. The number of benzene rings is 1. The molecule has 2 rings (SSSR count). The van der Waals surface area contributed by atoms with Crippen LogP contribution in [0.25, 0.3) is 0 Å². The summed E-state index contributed by atoms with van der Waals surface area (Å²) in [5, 5.41) is 15.7. The monoisotopic (exact) mass is 318 g/mol. The van der Waals surface area contributed by atoms with Crippen molar-refractivity contribution in [1.82, 2.24) is 9.78 Å². The Labute approximate surface area is 119 Å². The zero-order chi connectivity index (χ0) is 14.0. The minimum Gasteiger partial charge on any atom is -0.304 e. The second-order valence-electron chi connectivity index (χ2n) is 4.04. The number of nitrogens with zero attached hydrogens (tertiary/aromatic N) is 3. The quantitative estimate of drug-likeness (QED) is 0.925. The van der Waals surface area contributed by atoms with Crippen molar-refractivity contribution in [3.63, 3.8) is 0 Å². The number of hydrogen-bond acceptors (Lipinski definition) is 3. The van der Waals surface area contributed by atoms with Crippen LogP contribution in [0.15, 0.2) is 28.9 Å². The Kier molecular flexibility index (Phi) is 3.67. The van der Waals surface area contributed by atoms with Gasteiger partial charge < -0.3 is 5.32 Å². The smallest absolute Gasteiger partial charge is 0.257 e. The highest BCUT2D eigenvalue weighted by molar-refractivity contribution is 9.10. The molecule has 1 aromatic heterocycles. The van der Waals surface area contributed by atoms with Gasteiger partial charge in [0.25, 0.3) is 5.91 Å². The maximum Gasteiger partial charge on any atom is 0.257 e. The Bertz CT molecular complexity index is 684. The van der Waals surface area contributed by atoms with Crippen LogP contribution < -0.4 is 5.32 Å². The average Bonchev–Trinajstić information content (AvgIpc) is 2.72. The van der Waals surface area contributed by atoms with Crippen molar-refractivity contribution in [3.8, 4) is 6.07 Å². The molecule has 0 saturated heterocycles. The summed E-state index contributed by atoms with van der Waals surface area (Å²) in [6, 6.07) is 7.37. The van der Waals surface area contributed by atoms with Gasteiger partial charge in [-0.2, -0.15) is 10.4 Å². The predicted molar refractivity (Wildman–Crippen MR) is 74.8 cm³/mol. The van der Waals surface area contributed by atoms with Crippen molar-refractivity contribution in [2.24, 2.45) is 7.05 Å². The van der Waals surface area contributed by atoms with E-state index in [1.165, 1.54) is 4.68 Å². The molecular weight excluding hydrogens is 308 g/mol. The Balaban J connectivity index is 2.31. The number of aromatic nitrogens is 2. The summed E-state index contributed by atoms with van der Waals surface area (Å²) in [7, 11) is 1.70. The van der Waals surface area contributed by atoms with Crippen LogP contribution in [0.5, 0.6) is 0 Å². The fourth-order valence-electron chi connectivity index (χ4n) is 1.69. The molecule has 1 aromatic carbocycles. The molecule has 0 spiro atoms. The minimum atomic E-state index is -0.283. The number of hydrogen-bond donors (Lipinski definition) is 1. The molecule has 1 amide bonds. The number of carbonyl (C=O) groups is 1. The summed E-state index contributed by atoms with van der Waals surface area (Å²) >= 11 is 3.38. The average molecular weight is 319 g/mol. The van der Waals surface area contributed by atoms with Crippen LogP contribution in [-0.2, 0) is 7.05 Å². The van der Waals surface area contributed by atoms with Gasteiger partial charge in [-0.3, -0.25) is 9.48 Å². The van der Waals surface area contributed by atoms with E-state index in [-0.39, 0.29) is 11.7 Å². The first-order valence-electron chi connectivity index (χ1n) is 5.53. The molecule has 0 saturated carbocycles. The summed E-state index contributed by atoms with van der Waals surface area (Å²) in [5.74, 6) is -0.0108. The third-order valence-electron chi connectivity index (χ3n) is 2.69. The fraction of sp³-hybridized carbons (Fsp3) is 0.154. The normalized spacial score (nSPS) is 10.0. The Morgan fingerprint density at radius 3 is 2.95 bits per heavy atom. The van der Waals surface area contributed by atoms with E-state index in [0.717, 1.165) is 10.0 Å². The first kappa shape index (κ1) is 13.3. The van der Waals surface area contributed by atoms with Crippen LogP contribution in [0.2, 0.25) is 0 Å². The highest BCUT2D eigenvalue weighted by Gasteiger charge is 2.15. The van der Waals surface area contributed by atoms with Gasteiger partial charge in [0, 0.05) is 23.3 Å². The third-order valence-corrected chi connectivity index (χ3v) is 3.55. The lowest BCUT2D eigenvalue weighted by Gasteiger charge is -2.07. The summed E-state index contributed by atoms with van der Waals surface area (Å²) in [6.45, 7) is 1.85. The van der Waals surface area contributed by atoms with Gasteiger partial charge in [0.15, 0.2) is 5.82 Å². The van der Waals surface area contributed by atoms with Gasteiger partial charge in [0.1, 0.15) is 11.6 Å². The van der Waals surface area contributed by atoms with E-state index >= 15 is 0 Å². The number of amides is 1. The highest BCUT2D eigenvalue weighted by Crippen LogP contribution is 2.21. The highest BCUT2D eigenvalue weighted by atomic mass is 79.9. The number of aryl methyl sites for hydroxylation is 1. The lowest BCUT2D eigenvalue weighted by atomic mass is 10.1. The molecule has 0 fully saturated rings. The van der Waals surface area contributed by atoms with E-state index in [1.807, 2.05) is 19.1 Å². The number of rotatable bonds is 2. The molecule has 1 heterocycles. The third kappa shape index (κ3) is 2.66. The van der Waals surface area contributed by atoms with Crippen LogP contribution in [0.1, 0.15) is 21.5 Å². The number of nitriles is 1. The van der Waals surface area contributed by atoms with E-state index in [9.17, 15) is 4.79 Å². The number of carbonyl (C=O) groups excluding carboxylic acids is 1. The second kappa shape index (κ2) is 5.24. The van der Waals surface area contributed by atoms with Crippen LogP contribution in [0.4, 0.5) is 5.82 Å². The van der Waals surface area contributed by atoms with E-state index in [4.69, 9.17) is 5.26 Å². The summed E-state index contributed by atoms with van der Waals surface area (Å²) < 4.78 is 2.35. The summed E-state index contributed by atoms with van der Waals surface area (Å²) in [6.07, 6.45) is 1.56. The molecule has 0 radical (unpaired) electrons. The maximum atomic E-state index is 12.2. The fourth-order valence-corrected chi connectivity index (χ4v) is 2.06. The van der Waals surface area contributed by atoms with Crippen LogP contribution in [0, 0.1) is 18.3 Å². The Morgan fingerprint density at radius 2 is 2.26 bits per heavy atom. The Hall–Kier alpha value is -2.13. The number of nitrogens with one attached hydrogen (secondary N) is 1. The molecule has 0 bridgehead atoms.